The second kappa shape index (κ2) is 6.52. The number of hydrazone groups is 1. The van der Waals surface area contributed by atoms with Crippen molar-refractivity contribution in [3.8, 4) is 11.5 Å². The number of ether oxygens (including phenoxy) is 1. The van der Waals surface area contributed by atoms with Gasteiger partial charge in [-0.2, -0.15) is 5.10 Å². The van der Waals surface area contributed by atoms with Crippen molar-refractivity contribution < 1.29 is 14.6 Å². The average molecular weight is 310 g/mol. The number of methoxy groups -OCH3 is 1. The van der Waals surface area contributed by atoms with E-state index in [1.165, 1.54) is 25.0 Å². The van der Waals surface area contributed by atoms with E-state index in [9.17, 15) is 9.90 Å². The molecule has 0 aromatic heterocycles. The summed E-state index contributed by atoms with van der Waals surface area (Å²) in [7, 11) is 1.48. The molecule has 2 atom stereocenters. The Bertz CT molecular complexity index is 728. The maximum Gasteiger partial charge on any atom is 0.243 e. The van der Waals surface area contributed by atoms with Crippen molar-refractivity contribution in [2.24, 2.45) is 11.0 Å². The predicted octanol–water partition coefficient (Wildman–Crippen LogP) is 2.65. The number of phenols is 1. The molecule has 0 heterocycles. The van der Waals surface area contributed by atoms with Crippen LogP contribution in [-0.4, -0.2) is 24.3 Å². The van der Waals surface area contributed by atoms with E-state index in [0.717, 1.165) is 12.0 Å². The van der Waals surface area contributed by atoms with E-state index in [1.54, 1.807) is 12.1 Å². The lowest BCUT2D eigenvalue weighted by Crippen LogP contribution is -2.20. The van der Waals surface area contributed by atoms with Crippen molar-refractivity contribution in [2.75, 3.05) is 7.11 Å². The number of hydrogen-bond acceptors (Lipinski definition) is 4. The van der Waals surface area contributed by atoms with Gasteiger partial charge in [0.15, 0.2) is 11.5 Å². The van der Waals surface area contributed by atoms with Crippen molar-refractivity contribution in [3.63, 3.8) is 0 Å². The molecule has 0 bridgehead atoms. The Balaban J connectivity index is 1.56. The van der Waals surface area contributed by atoms with Crippen molar-refractivity contribution in [1.82, 2.24) is 5.43 Å². The lowest BCUT2D eigenvalue weighted by Gasteiger charge is -2.03. The molecule has 5 nitrogen and oxygen atoms in total. The molecule has 0 radical (unpaired) electrons. The van der Waals surface area contributed by atoms with Crippen LogP contribution in [0.5, 0.6) is 11.5 Å². The van der Waals surface area contributed by atoms with Crippen LogP contribution in [0.15, 0.2) is 53.6 Å². The Hall–Kier alpha value is -2.82. The predicted molar refractivity (Wildman–Crippen MR) is 87.7 cm³/mol. The van der Waals surface area contributed by atoms with Gasteiger partial charge in [-0.3, -0.25) is 4.79 Å². The number of amides is 1. The van der Waals surface area contributed by atoms with Crippen LogP contribution in [0.25, 0.3) is 0 Å². The van der Waals surface area contributed by atoms with Crippen LogP contribution in [0.1, 0.15) is 23.5 Å². The van der Waals surface area contributed by atoms with Crippen LogP contribution in [-0.2, 0) is 4.79 Å². The van der Waals surface area contributed by atoms with Crippen molar-refractivity contribution in [3.05, 3.63) is 59.7 Å². The Kier molecular flexibility index (Phi) is 4.28. The van der Waals surface area contributed by atoms with Crippen LogP contribution in [0, 0.1) is 5.92 Å². The molecular formula is C18H18N2O3. The largest absolute Gasteiger partial charge is 0.504 e. The summed E-state index contributed by atoms with van der Waals surface area (Å²) < 4.78 is 5.03. The standard InChI is InChI=1S/C18H18N2O3/c1-23-17-9-12(7-8-16(17)21)11-19-20-18(22)15-10-14(15)13-5-3-2-4-6-13/h2-9,11,14-15,21H,10H2,1H3,(H,20,22). The first-order valence-corrected chi connectivity index (χ1v) is 7.44. The van der Waals surface area contributed by atoms with Gasteiger partial charge < -0.3 is 9.84 Å². The number of nitrogens with zero attached hydrogens (tertiary/aromatic N) is 1. The summed E-state index contributed by atoms with van der Waals surface area (Å²) >= 11 is 0. The number of aromatic hydroxyl groups is 1. The van der Waals surface area contributed by atoms with Gasteiger partial charge in [0.25, 0.3) is 0 Å². The van der Waals surface area contributed by atoms with E-state index >= 15 is 0 Å². The number of carbonyl (C=O) groups is 1. The van der Waals surface area contributed by atoms with Gasteiger partial charge in [-0.15, -0.1) is 0 Å². The van der Waals surface area contributed by atoms with E-state index in [1.807, 2.05) is 30.3 Å². The average Bonchev–Trinajstić information content (AvgIpc) is 3.38. The minimum absolute atomic E-state index is 0.0103. The topological polar surface area (TPSA) is 70.9 Å². The number of carbonyl (C=O) groups excluding carboxylic acids is 1. The molecule has 1 fully saturated rings. The smallest absolute Gasteiger partial charge is 0.243 e. The molecule has 118 valence electrons. The van der Waals surface area contributed by atoms with Gasteiger partial charge >= 0.3 is 0 Å². The molecule has 0 aliphatic heterocycles. The summed E-state index contributed by atoms with van der Waals surface area (Å²) in [6.45, 7) is 0. The summed E-state index contributed by atoms with van der Waals surface area (Å²) in [6.07, 6.45) is 2.39. The monoisotopic (exact) mass is 310 g/mol. The third-order valence-electron chi connectivity index (χ3n) is 3.95. The van der Waals surface area contributed by atoms with Gasteiger partial charge in [0, 0.05) is 5.92 Å². The number of phenolic OH excluding ortho intramolecular Hbond substituents is 1. The van der Waals surface area contributed by atoms with Gasteiger partial charge in [0.1, 0.15) is 0 Å². The second-order valence-electron chi connectivity index (χ2n) is 5.52. The highest BCUT2D eigenvalue weighted by Crippen LogP contribution is 2.47. The second-order valence-corrected chi connectivity index (χ2v) is 5.52. The van der Waals surface area contributed by atoms with E-state index in [-0.39, 0.29) is 17.6 Å². The zero-order chi connectivity index (χ0) is 16.2. The molecule has 2 unspecified atom stereocenters. The van der Waals surface area contributed by atoms with E-state index in [2.05, 4.69) is 10.5 Å². The van der Waals surface area contributed by atoms with E-state index in [0.29, 0.717) is 11.7 Å². The van der Waals surface area contributed by atoms with Crippen LogP contribution < -0.4 is 10.2 Å². The van der Waals surface area contributed by atoms with Gasteiger partial charge in [0.05, 0.1) is 13.3 Å². The molecule has 1 aliphatic rings. The fourth-order valence-electron chi connectivity index (χ4n) is 2.58. The van der Waals surface area contributed by atoms with E-state index in [4.69, 9.17) is 4.74 Å². The third-order valence-corrected chi connectivity index (χ3v) is 3.95. The van der Waals surface area contributed by atoms with Crippen LogP contribution in [0.4, 0.5) is 0 Å². The highest BCUT2D eigenvalue weighted by molar-refractivity contribution is 5.86. The molecule has 1 saturated carbocycles. The normalized spacial score (nSPS) is 19.5. The SMILES string of the molecule is COc1cc(C=NNC(=O)C2CC2c2ccccc2)ccc1O. The van der Waals surface area contributed by atoms with Gasteiger partial charge in [-0.25, -0.2) is 5.43 Å². The van der Waals surface area contributed by atoms with Gasteiger partial charge in [-0.05, 0) is 41.7 Å². The number of nitrogens with one attached hydrogen (secondary N) is 1. The summed E-state index contributed by atoms with van der Waals surface area (Å²) in [5.41, 5.74) is 4.50. The molecule has 3 rings (SSSR count). The maximum absolute atomic E-state index is 12.1. The Morgan fingerprint density at radius 1 is 1.30 bits per heavy atom. The molecule has 5 heteroatoms. The molecule has 23 heavy (non-hydrogen) atoms. The molecule has 1 amide bonds. The van der Waals surface area contributed by atoms with Crippen LogP contribution >= 0.6 is 0 Å². The quantitative estimate of drug-likeness (QED) is 0.659. The fourth-order valence-corrected chi connectivity index (χ4v) is 2.58. The number of benzene rings is 2. The summed E-state index contributed by atoms with van der Waals surface area (Å²) in [5.74, 6) is 0.647. The zero-order valence-electron chi connectivity index (χ0n) is 12.8. The van der Waals surface area contributed by atoms with Crippen LogP contribution in [0.2, 0.25) is 0 Å². The van der Waals surface area contributed by atoms with Gasteiger partial charge in [0.2, 0.25) is 5.91 Å². The van der Waals surface area contributed by atoms with Crippen molar-refractivity contribution >= 4 is 12.1 Å². The minimum atomic E-state index is -0.0687. The summed E-state index contributed by atoms with van der Waals surface area (Å²) in [5, 5.41) is 13.5. The Morgan fingerprint density at radius 2 is 2.09 bits per heavy atom. The summed E-state index contributed by atoms with van der Waals surface area (Å²) in [4.78, 5) is 12.1. The van der Waals surface area contributed by atoms with E-state index < -0.39 is 0 Å². The van der Waals surface area contributed by atoms with Crippen molar-refractivity contribution in [1.29, 1.82) is 0 Å². The summed E-state index contributed by atoms with van der Waals surface area (Å²) in [6, 6.07) is 14.9. The Morgan fingerprint density at radius 3 is 2.83 bits per heavy atom. The lowest BCUT2D eigenvalue weighted by atomic mass is 10.1. The lowest BCUT2D eigenvalue weighted by molar-refractivity contribution is -0.122. The highest BCUT2D eigenvalue weighted by atomic mass is 16.5. The number of rotatable bonds is 5. The molecule has 2 aromatic rings. The minimum Gasteiger partial charge on any atom is -0.504 e. The first kappa shape index (κ1) is 15.1. The maximum atomic E-state index is 12.1. The van der Waals surface area contributed by atoms with Crippen LogP contribution in [0.3, 0.4) is 0 Å². The molecule has 2 N–H and O–H groups in total. The zero-order valence-corrected chi connectivity index (χ0v) is 12.8. The first-order chi connectivity index (χ1) is 11.2. The third kappa shape index (κ3) is 3.51. The molecular weight excluding hydrogens is 292 g/mol. The Labute approximate surface area is 134 Å². The molecule has 1 aliphatic carbocycles. The van der Waals surface area contributed by atoms with Gasteiger partial charge in [-0.1, -0.05) is 30.3 Å². The highest BCUT2D eigenvalue weighted by Gasteiger charge is 2.43. The number of hydrogen-bond donors (Lipinski definition) is 2. The molecule has 0 saturated heterocycles. The first-order valence-electron chi connectivity index (χ1n) is 7.44. The molecule has 0 spiro atoms. The van der Waals surface area contributed by atoms with Crippen molar-refractivity contribution in [2.45, 2.75) is 12.3 Å². The fraction of sp³-hybridized carbons (Fsp3) is 0.222. The molecule has 2 aromatic carbocycles.